The Hall–Kier alpha value is -2.48. The Labute approximate surface area is 170 Å². The number of benzene rings is 1. The van der Waals surface area contributed by atoms with Crippen molar-refractivity contribution in [1.82, 2.24) is 9.97 Å². The number of aromatic nitrogens is 2. The van der Waals surface area contributed by atoms with E-state index in [1.807, 2.05) is 0 Å². The van der Waals surface area contributed by atoms with Crippen molar-refractivity contribution >= 4 is 29.6 Å². The van der Waals surface area contributed by atoms with E-state index in [1.165, 1.54) is 19.3 Å². The van der Waals surface area contributed by atoms with E-state index < -0.39 is 0 Å². The minimum atomic E-state index is 0.334. The first-order valence-electron chi connectivity index (χ1n) is 9.19. The number of anilines is 2. The number of ether oxygens (including phenoxy) is 3. The fraction of sp³-hybridized carbons (Fsp3) is 0.450. The summed E-state index contributed by atoms with van der Waals surface area (Å²) in [6, 6.07) is 5.17. The minimum Gasteiger partial charge on any atom is -0.493 e. The second-order valence-electron chi connectivity index (χ2n) is 6.03. The quantitative estimate of drug-likeness (QED) is 0.235. The van der Waals surface area contributed by atoms with Crippen molar-refractivity contribution in [2.75, 3.05) is 32.4 Å². The van der Waals surface area contributed by atoms with Gasteiger partial charge in [0.15, 0.2) is 22.9 Å². The number of carbonyl (C=O) groups is 1. The molecule has 0 aliphatic rings. The lowest BCUT2D eigenvalue weighted by atomic mass is 10.2. The zero-order valence-corrected chi connectivity index (χ0v) is 17.6. The molecule has 0 saturated carbocycles. The molecule has 28 heavy (non-hydrogen) atoms. The van der Waals surface area contributed by atoms with E-state index in [-0.39, 0.29) is 0 Å². The largest absolute Gasteiger partial charge is 0.493 e. The lowest BCUT2D eigenvalue weighted by molar-refractivity contribution is 0.111. The third kappa shape index (κ3) is 6.02. The van der Waals surface area contributed by atoms with Crippen LogP contribution in [0.5, 0.6) is 17.2 Å². The van der Waals surface area contributed by atoms with Crippen LogP contribution in [0.4, 0.5) is 11.5 Å². The summed E-state index contributed by atoms with van der Waals surface area (Å²) in [5.41, 5.74) is 1.03. The van der Waals surface area contributed by atoms with Gasteiger partial charge in [0.1, 0.15) is 11.5 Å². The van der Waals surface area contributed by atoms with E-state index in [1.54, 1.807) is 51.3 Å². The van der Waals surface area contributed by atoms with Crippen LogP contribution in [0, 0.1) is 0 Å². The Balaban J connectivity index is 2.20. The molecule has 7 nitrogen and oxygen atoms in total. The summed E-state index contributed by atoms with van der Waals surface area (Å²) in [6.45, 7) is 2.19. The molecule has 2 rings (SSSR count). The summed E-state index contributed by atoms with van der Waals surface area (Å²) >= 11 is 1.56. The fourth-order valence-electron chi connectivity index (χ4n) is 2.63. The number of unbranched alkanes of at least 4 members (excludes halogenated alkanes) is 3. The van der Waals surface area contributed by atoms with Gasteiger partial charge in [-0.3, -0.25) is 4.79 Å². The fourth-order valence-corrected chi connectivity index (χ4v) is 3.49. The summed E-state index contributed by atoms with van der Waals surface area (Å²) in [5.74, 6) is 3.02. The third-order valence-corrected chi connectivity index (χ3v) is 4.95. The van der Waals surface area contributed by atoms with Gasteiger partial charge in [0, 0.05) is 29.6 Å². The number of nitrogens with zero attached hydrogens (tertiary/aromatic N) is 2. The Bertz CT molecular complexity index is 761. The van der Waals surface area contributed by atoms with E-state index in [4.69, 9.17) is 14.2 Å². The Morgan fingerprint density at radius 3 is 2.29 bits per heavy atom. The summed E-state index contributed by atoms with van der Waals surface area (Å²) in [5, 5.41) is 3.77. The molecule has 0 bridgehead atoms. The molecule has 0 saturated heterocycles. The molecule has 0 aliphatic heterocycles. The van der Waals surface area contributed by atoms with Gasteiger partial charge in [0.25, 0.3) is 0 Å². The normalized spacial score (nSPS) is 10.4. The predicted octanol–water partition coefficient (Wildman–Crippen LogP) is 4.73. The number of methoxy groups -OCH3 is 3. The molecule has 0 spiro atoms. The van der Waals surface area contributed by atoms with Crippen molar-refractivity contribution in [2.24, 2.45) is 0 Å². The average Bonchev–Trinajstić information content (AvgIpc) is 2.72. The Kier molecular flexibility index (Phi) is 8.87. The second kappa shape index (κ2) is 11.4. The molecule has 152 valence electrons. The first kappa shape index (κ1) is 21.8. The van der Waals surface area contributed by atoms with Gasteiger partial charge in [0.2, 0.25) is 5.75 Å². The van der Waals surface area contributed by atoms with Crippen LogP contribution >= 0.6 is 11.8 Å². The van der Waals surface area contributed by atoms with Crippen LogP contribution in [-0.2, 0) is 0 Å². The van der Waals surface area contributed by atoms with Crippen molar-refractivity contribution in [3.63, 3.8) is 0 Å². The highest BCUT2D eigenvalue weighted by molar-refractivity contribution is 7.99. The maximum atomic E-state index is 11.3. The van der Waals surface area contributed by atoms with Gasteiger partial charge in [0.05, 0.1) is 21.3 Å². The Morgan fingerprint density at radius 1 is 1.00 bits per heavy atom. The van der Waals surface area contributed by atoms with Gasteiger partial charge >= 0.3 is 0 Å². The minimum absolute atomic E-state index is 0.334. The van der Waals surface area contributed by atoms with Crippen LogP contribution in [0.1, 0.15) is 43.1 Å². The SMILES string of the molecule is CCCCCCSc1nc(C=O)cc(Nc2cc(OC)c(OC)c(OC)c2)n1. The molecule has 1 aromatic carbocycles. The van der Waals surface area contributed by atoms with E-state index in [2.05, 4.69) is 22.2 Å². The summed E-state index contributed by atoms with van der Waals surface area (Å²) < 4.78 is 16.1. The van der Waals surface area contributed by atoms with E-state index in [0.29, 0.717) is 39.6 Å². The standard InChI is InChI=1S/C20H27N3O4S/c1-5-6-7-8-9-28-20-22-15(13-24)12-18(23-20)21-14-10-16(25-2)19(27-4)17(11-14)26-3/h10-13H,5-9H2,1-4H3,(H,21,22,23). The number of rotatable bonds is 12. The van der Waals surface area contributed by atoms with Gasteiger partial charge in [-0.2, -0.15) is 0 Å². The lowest BCUT2D eigenvalue weighted by Crippen LogP contribution is -2.02. The van der Waals surface area contributed by atoms with E-state index >= 15 is 0 Å². The zero-order chi connectivity index (χ0) is 20.4. The zero-order valence-electron chi connectivity index (χ0n) is 16.8. The van der Waals surface area contributed by atoms with Crippen molar-refractivity contribution in [1.29, 1.82) is 0 Å². The van der Waals surface area contributed by atoms with Gasteiger partial charge < -0.3 is 19.5 Å². The van der Waals surface area contributed by atoms with Gasteiger partial charge in [-0.1, -0.05) is 37.9 Å². The number of thioether (sulfide) groups is 1. The van der Waals surface area contributed by atoms with Crippen LogP contribution in [0.2, 0.25) is 0 Å². The van der Waals surface area contributed by atoms with Crippen molar-refractivity contribution in [3.8, 4) is 17.2 Å². The first-order valence-corrected chi connectivity index (χ1v) is 10.2. The summed E-state index contributed by atoms with van der Waals surface area (Å²) in [4.78, 5) is 20.1. The molecule has 1 N–H and O–H groups in total. The maximum absolute atomic E-state index is 11.3. The Morgan fingerprint density at radius 2 is 1.71 bits per heavy atom. The third-order valence-electron chi connectivity index (χ3n) is 4.01. The number of carbonyl (C=O) groups excluding carboxylic acids is 1. The highest BCUT2D eigenvalue weighted by Crippen LogP contribution is 2.40. The number of hydrogen-bond donors (Lipinski definition) is 1. The molecule has 0 amide bonds. The van der Waals surface area contributed by atoms with Crippen LogP contribution in [-0.4, -0.2) is 43.3 Å². The summed E-state index contributed by atoms with van der Waals surface area (Å²) in [7, 11) is 4.67. The molecule has 0 radical (unpaired) electrons. The number of aldehydes is 1. The smallest absolute Gasteiger partial charge is 0.203 e. The molecule has 0 unspecified atom stereocenters. The molecule has 0 atom stereocenters. The number of hydrogen-bond acceptors (Lipinski definition) is 8. The van der Waals surface area contributed by atoms with Gasteiger partial charge in [-0.05, 0) is 6.42 Å². The molecule has 0 fully saturated rings. The van der Waals surface area contributed by atoms with Gasteiger partial charge in [-0.25, -0.2) is 9.97 Å². The van der Waals surface area contributed by atoms with E-state index in [0.717, 1.165) is 18.5 Å². The molecule has 1 aromatic heterocycles. The lowest BCUT2D eigenvalue weighted by Gasteiger charge is -2.15. The average molecular weight is 406 g/mol. The molecular weight excluding hydrogens is 378 g/mol. The highest BCUT2D eigenvalue weighted by Gasteiger charge is 2.14. The van der Waals surface area contributed by atoms with Crippen molar-refractivity contribution in [3.05, 3.63) is 23.9 Å². The van der Waals surface area contributed by atoms with Crippen LogP contribution in [0.25, 0.3) is 0 Å². The maximum Gasteiger partial charge on any atom is 0.203 e. The predicted molar refractivity (Wildman–Crippen MR) is 112 cm³/mol. The molecule has 0 aliphatic carbocycles. The number of nitrogens with one attached hydrogen (secondary N) is 1. The second-order valence-corrected chi connectivity index (χ2v) is 7.09. The first-order chi connectivity index (χ1) is 13.6. The molecule has 2 aromatic rings. The van der Waals surface area contributed by atoms with Gasteiger partial charge in [-0.15, -0.1) is 0 Å². The van der Waals surface area contributed by atoms with Crippen LogP contribution < -0.4 is 19.5 Å². The highest BCUT2D eigenvalue weighted by atomic mass is 32.2. The topological polar surface area (TPSA) is 82.6 Å². The van der Waals surface area contributed by atoms with Crippen LogP contribution in [0.15, 0.2) is 23.4 Å². The molecule has 1 heterocycles. The molecule has 8 heteroatoms. The molecular formula is C20H27N3O4S. The van der Waals surface area contributed by atoms with Crippen molar-refractivity contribution in [2.45, 2.75) is 37.8 Å². The summed E-state index contributed by atoms with van der Waals surface area (Å²) in [6.07, 6.45) is 5.44. The van der Waals surface area contributed by atoms with Crippen molar-refractivity contribution < 1.29 is 19.0 Å². The monoisotopic (exact) mass is 405 g/mol. The van der Waals surface area contributed by atoms with E-state index in [9.17, 15) is 4.79 Å². The van der Waals surface area contributed by atoms with Crippen LogP contribution in [0.3, 0.4) is 0 Å².